The summed E-state index contributed by atoms with van der Waals surface area (Å²) in [5, 5.41) is 13.6. The zero-order chi connectivity index (χ0) is 15.4. The van der Waals surface area contributed by atoms with Crippen LogP contribution in [0.3, 0.4) is 0 Å². The fourth-order valence-corrected chi connectivity index (χ4v) is 2.77. The van der Waals surface area contributed by atoms with Gasteiger partial charge in [-0.3, -0.25) is 4.79 Å². The van der Waals surface area contributed by atoms with Crippen molar-refractivity contribution in [3.05, 3.63) is 28.8 Å². The standard InChI is InChI=1S/C16H23ClN2O2/c1-3-7-18-14-5-4-12(17)9-13(14)16(21)19-8-6-15(20)11(2)10-19/h4-5,9,11,15,18,20H,3,6-8,10H2,1-2H3. The maximum Gasteiger partial charge on any atom is 0.256 e. The van der Waals surface area contributed by atoms with Crippen LogP contribution in [-0.2, 0) is 0 Å². The number of aliphatic hydroxyl groups excluding tert-OH is 1. The molecule has 4 nitrogen and oxygen atoms in total. The highest BCUT2D eigenvalue weighted by Gasteiger charge is 2.28. The Morgan fingerprint density at radius 2 is 2.29 bits per heavy atom. The summed E-state index contributed by atoms with van der Waals surface area (Å²) in [6, 6.07) is 5.37. The molecule has 5 heteroatoms. The second-order valence-corrected chi connectivity index (χ2v) is 6.14. The first-order valence-electron chi connectivity index (χ1n) is 7.53. The molecule has 1 aliphatic rings. The van der Waals surface area contributed by atoms with Gasteiger partial charge in [0.1, 0.15) is 0 Å². The number of benzene rings is 1. The average Bonchev–Trinajstić information content (AvgIpc) is 2.48. The molecule has 0 aliphatic carbocycles. The van der Waals surface area contributed by atoms with Crippen molar-refractivity contribution in [2.45, 2.75) is 32.8 Å². The molecule has 1 amide bonds. The van der Waals surface area contributed by atoms with Crippen LogP contribution in [0.15, 0.2) is 18.2 Å². The molecule has 2 N–H and O–H groups in total. The van der Waals surface area contributed by atoms with Crippen LogP contribution in [-0.4, -0.2) is 41.7 Å². The van der Waals surface area contributed by atoms with Crippen LogP contribution >= 0.6 is 11.6 Å². The van der Waals surface area contributed by atoms with Gasteiger partial charge in [-0.25, -0.2) is 0 Å². The maximum absolute atomic E-state index is 12.7. The molecule has 2 atom stereocenters. The third kappa shape index (κ3) is 3.89. The Hall–Kier alpha value is -1.26. The number of anilines is 1. The largest absolute Gasteiger partial charge is 0.393 e. The minimum Gasteiger partial charge on any atom is -0.393 e. The molecule has 1 saturated heterocycles. The number of likely N-dealkylation sites (tertiary alicyclic amines) is 1. The molecule has 1 aromatic rings. The Kier molecular flexibility index (Phi) is 5.48. The van der Waals surface area contributed by atoms with Gasteiger partial charge in [-0.1, -0.05) is 25.4 Å². The minimum absolute atomic E-state index is 0.0187. The van der Waals surface area contributed by atoms with E-state index in [1.807, 2.05) is 13.0 Å². The Morgan fingerprint density at radius 3 is 2.95 bits per heavy atom. The number of hydrogen-bond acceptors (Lipinski definition) is 3. The fraction of sp³-hybridized carbons (Fsp3) is 0.562. The van der Waals surface area contributed by atoms with Crippen molar-refractivity contribution in [2.75, 3.05) is 25.0 Å². The fourth-order valence-electron chi connectivity index (χ4n) is 2.60. The molecule has 0 aromatic heterocycles. The molecule has 2 unspecified atom stereocenters. The predicted octanol–water partition coefficient (Wildman–Crippen LogP) is 3.00. The lowest BCUT2D eigenvalue weighted by Gasteiger charge is -2.34. The normalized spacial score (nSPS) is 22.2. The molecule has 0 radical (unpaired) electrons. The van der Waals surface area contributed by atoms with Gasteiger partial charge >= 0.3 is 0 Å². The highest BCUT2D eigenvalue weighted by molar-refractivity contribution is 6.31. The van der Waals surface area contributed by atoms with Crippen LogP contribution in [0.2, 0.25) is 5.02 Å². The van der Waals surface area contributed by atoms with Gasteiger partial charge < -0.3 is 15.3 Å². The lowest BCUT2D eigenvalue weighted by Crippen LogP contribution is -2.45. The molecule has 1 heterocycles. The third-order valence-corrected chi connectivity index (χ3v) is 4.16. The van der Waals surface area contributed by atoms with Gasteiger partial charge in [0.25, 0.3) is 5.91 Å². The summed E-state index contributed by atoms with van der Waals surface area (Å²) in [6.45, 7) is 6.04. The number of hydrogen-bond donors (Lipinski definition) is 2. The van der Waals surface area contributed by atoms with E-state index in [2.05, 4.69) is 12.2 Å². The highest BCUT2D eigenvalue weighted by Crippen LogP contribution is 2.25. The lowest BCUT2D eigenvalue weighted by molar-refractivity contribution is 0.0298. The molecule has 0 spiro atoms. The number of nitrogens with zero attached hydrogens (tertiary/aromatic N) is 1. The van der Waals surface area contributed by atoms with Crippen LogP contribution in [0.4, 0.5) is 5.69 Å². The zero-order valence-electron chi connectivity index (χ0n) is 12.6. The SMILES string of the molecule is CCCNc1ccc(Cl)cc1C(=O)N1CCC(O)C(C)C1. The summed E-state index contributed by atoms with van der Waals surface area (Å²) < 4.78 is 0. The van der Waals surface area contributed by atoms with E-state index in [0.717, 1.165) is 18.7 Å². The summed E-state index contributed by atoms with van der Waals surface area (Å²) >= 11 is 6.05. The number of nitrogens with one attached hydrogen (secondary N) is 1. The topological polar surface area (TPSA) is 52.6 Å². The van der Waals surface area contributed by atoms with Crippen LogP contribution in [0, 0.1) is 5.92 Å². The summed E-state index contributed by atoms with van der Waals surface area (Å²) in [6.07, 6.45) is 1.31. The second-order valence-electron chi connectivity index (χ2n) is 5.70. The number of carbonyl (C=O) groups excluding carboxylic acids is 1. The summed E-state index contributed by atoms with van der Waals surface area (Å²) in [4.78, 5) is 14.5. The van der Waals surface area contributed by atoms with Gasteiger partial charge in [0.05, 0.1) is 11.7 Å². The quantitative estimate of drug-likeness (QED) is 0.899. The van der Waals surface area contributed by atoms with E-state index >= 15 is 0 Å². The first-order valence-corrected chi connectivity index (χ1v) is 7.91. The van der Waals surface area contributed by atoms with E-state index < -0.39 is 0 Å². The van der Waals surface area contributed by atoms with Crippen LogP contribution in [0.5, 0.6) is 0 Å². The molecular formula is C16H23ClN2O2. The van der Waals surface area contributed by atoms with Crippen LogP contribution in [0.25, 0.3) is 0 Å². The van der Waals surface area contributed by atoms with E-state index in [9.17, 15) is 9.90 Å². The molecule has 1 aromatic carbocycles. The summed E-state index contributed by atoms with van der Waals surface area (Å²) in [5.74, 6) is 0.0868. The van der Waals surface area contributed by atoms with Crippen molar-refractivity contribution in [2.24, 2.45) is 5.92 Å². The van der Waals surface area contributed by atoms with Gasteiger partial charge in [0.2, 0.25) is 0 Å². The molecule has 21 heavy (non-hydrogen) atoms. The molecular weight excluding hydrogens is 288 g/mol. The Labute approximate surface area is 131 Å². The van der Waals surface area contributed by atoms with Gasteiger partial charge in [-0.05, 0) is 37.0 Å². The second kappa shape index (κ2) is 7.14. The van der Waals surface area contributed by atoms with Crippen molar-refractivity contribution in [1.29, 1.82) is 0 Å². The molecule has 116 valence electrons. The van der Waals surface area contributed by atoms with Crippen LogP contribution < -0.4 is 5.32 Å². The third-order valence-electron chi connectivity index (χ3n) is 3.92. The van der Waals surface area contributed by atoms with E-state index in [-0.39, 0.29) is 17.9 Å². The monoisotopic (exact) mass is 310 g/mol. The van der Waals surface area contributed by atoms with E-state index in [4.69, 9.17) is 11.6 Å². The number of halogens is 1. The Bertz CT molecular complexity index is 507. The summed E-state index contributed by atoms with van der Waals surface area (Å²) in [7, 11) is 0. The van der Waals surface area contributed by atoms with Crippen molar-refractivity contribution in [3.63, 3.8) is 0 Å². The number of carbonyl (C=O) groups is 1. The predicted molar refractivity (Wildman–Crippen MR) is 85.9 cm³/mol. The number of rotatable bonds is 4. The Morgan fingerprint density at radius 1 is 1.52 bits per heavy atom. The van der Waals surface area contributed by atoms with E-state index in [1.54, 1.807) is 17.0 Å². The maximum atomic E-state index is 12.7. The first kappa shape index (κ1) is 16.1. The molecule has 0 saturated carbocycles. The van der Waals surface area contributed by atoms with Crippen molar-refractivity contribution < 1.29 is 9.90 Å². The molecule has 2 rings (SSSR count). The van der Waals surface area contributed by atoms with E-state index in [1.165, 1.54) is 0 Å². The van der Waals surface area contributed by atoms with Gasteiger partial charge in [0.15, 0.2) is 0 Å². The van der Waals surface area contributed by atoms with Crippen molar-refractivity contribution in [3.8, 4) is 0 Å². The lowest BCUT2D eigenvalue weighted by atomic mass is 9.96. The molecule has 1 fully saturated rings. The van der Waals surface area contributed by atoms with Crippen molar-refractivity contribution >= 4 is 23.2 Å². The molecule has 1 aliphatic heterocycles. The van der Waals surface area contributed by atoms with Crippen LogP contribution in [0.1, 0.15) is 37.0 Å². The number of amides is 1. The van der Waals surface area contributed by atoms with Crippen molar-refractivity contribution in [1.82, 2.24) is 4.90 Å². The van der Waals surface area contributed by atoms with E-state index in [0.29, 0.717) is 30.1 Å². The Balaban J connectivity index is 2.19. The average molecular weight is 311 g/mol. The summed E-state index contributed by atoms with van der Waals surface area (Å²) in [5.41, 5.74) is 1.43. The minimum atomic E-state index is -0.314. The van der Waals surface area contributed by atoms with Gasteiger partial charge in [-0.2, -0.15) is 0 Å². The smallest absolute Gasteiger partial charge is 0.256 e. The number of piperidine rings is 1. The number of aliphatic hydroxyl groups is 1. The van der Waals surface area contributed by atoms with Gasteiger partial charge in [0, 0.05) is 30.3 Å². The molecule has 0 bridgehead atoms. The highest BCUT2D eigenvalue weighted by atomic mass is 35.5. The first-order chi connectivity index (χ1) is 10.0. The van der Waals surface area contributed by atoms with Gasteiger partial charge in [-0.15, -0.1) is 0 Å². The zero-order valence-corrected chi connectivity index (χ0v) is 13.4.